The lowest BCUT2D eigenvalue weighted by Gasteiger charge is -2.17. The molecule has 0 aliphatic heterocycles. The van der Waals surface area contributed by atoms with Gasteiger partial charge in [-0.2, -0.15) is 0 Å². The lowest BCUT2D eigenvalue weighted by Crippen LogP contribution is -2.31. The molecule has 2 heterocycles. The van der Waals surface area contributed by atoms with Gasteiger partial charge in [0.2, 0.25) is 0 Å². The number of hydrogen-bond donors (Lipinski definition) is 0. The summed E-state index contributed by atoms with van der Waals surface area (Å²) in [6, 6.07) is 9.67. The van der Waals surface area contributed by atoms with E-state index in [0.717, 1.165) is 0 Å². The second kappa shape index (κ2) is 8.13. The molecule has 0 fully saturated rings. The van der Waals surface area contributed by atoms with Crippen LogP contribution in [0.2, 0.25) is 0 Å². The van der Waals surface area contributed by atoms with Crippen LogP contribution < -0.4 is 0 Å². The molecular weight excluding hydrogens is 371 g/mol. The van der Waals surface area contributed by atoms with Crippen molar-refractivity contribution in [2.45, 2.75) is 13.5 Å². The number of furan rings is 1. The van der Waals surface area contributed by atoms with Gasteiger partial charge in [-0.15, -0.1) is 11.3 Å². The molecule has 140 valence electrons. The van der Waals surface area contributed by atoms with Crippen LogP contribution in [0.1, 0.15) is 20.9 Å². The summed E-state index contributed by atoms with van der Waals surface area (Å²) in [6.45, 7) is 1.38. The van der Waals surface area contributed by atoms with Gasteiger partial charge in [0.05, 0.1) is 6.26 Å². The fraction of sp³-hybridized carbons (Fsp3) is 0.211. The lowest BCUT2D eigenvalue weighted by molar-refractivity contribution is -0.133. The van der Waals surface area contributed by atoms with Crippen LogP contribution in [0.3, 0.4) is 0 Å². The number of esters is 1. The zero-order valence-electron chi connectivity index (χ0n) is 14.8. The van der Waals surface area contributed by atoms with Gasteiger partial charge < -0.3 is 14.1 Å². The summed E-state index contributed by atoms with van der Waals surface area (Å²) in [7, 11) is 1.52. The zero-order chi connectivity index (χ0) is 19.4. The molecule has 3 rings (SSSR count). The summed E-state index contributed by atoms with van der Waals surface area (Å²) in [4.78, 5) is 30.6. The SMILES string of the molecule is Cc1sc(-c2ccco2)nc1C(=O)OCC(=O)N(C)Cc1ccccc1F. The number of aryl methyl sites for hydroxylation is 1. The molecule has 0 bridgehead atoms. The molecule has 0 N–H and O–H groups in total. The first kappa shape index (κ1) is 18.8. The van der Waals surface area contributed by atoms with E-state index < -0.39 is 24.3 Å². The highest BCUT2D eigenvalue weighted by Crippen LogP contribution is 2.28. The Morgan fingerprint density at radius 1 is 1.26 bits per heavy atom. The third-order valence-electron chi connectivity index (χ3n) is 3.84. The predicted molar refractivity (Wildman–Crippen MR) is 97.7 cm³/mol. The number of carbonyl (C=O) groups is 2. The first-order valence-corrected chi connectivity index (χ1v) is 8.93. The van der Waals surface area contributed by atoms with Crippen LogP contribution in [0.25, 0.3) is 10.8 Å². The van der Waals surface area contributed by atoms with E-state index in [1.54, 1.807) is 37.3 Å². The maximum atomic E-state index is 13.7. The van der Waals surface area contributed by atoms with Crippen LogP contribution in [0.4, 0.5) is 4.39 Å². The molecule has 0 aliphatic rings. The van der Waals surface area contributed by atoms with Gasteiger partial charge in [0.25, 0.3) is 5.91 Å². The summed E-state index contributed by atoms with van der Waals surface area (Å²) in [5.41, 5.74) is 0.536. The number of thiazole rings is 1. The van der Waals surface area contributed by atoms with Crippen LogP contribution in [0, 0.1) is 12.7 Å². The molecule has 1 aromatic carbocycles. The number of ether oxygens (including phenoxy) is 1. The minimum atomic E-state index is -0.686. The summed E-state index contributed by atoms with van der Waals surface area (Å²) in [5.74, 6) is -0.958. The van der Waals surface area contributed by atoms with E-state index in [4.69, 9.17) is 9.15 Å². The fourth-order valence-corrected chi connectivity index (χ4v) is 3.24. The van der Waals surface area contributed by atoms with E-state index in [2.05, 4.69) is 4.98 Å². The third kappa shape index (κ3) is 4.40. The molecule has 8 heteroatoms. The molecule has 6 nitrogen and oxygen atoms in total. The number of aromatic nitrogens is 1. The molecule has 2 aromatic heterocycles. The highest BCUT2D eigenvalue weighted by Gasteiger charge is 2.21. The summed E-state index contributed by atoms with van der Waals surface area (Å²) in [6.07, 6.45) is 1.52. The van der Waals surface area contributed by atoms with E-state index in [1.807, 2.05) is 0 Å². The van der Waals surface area contributed by atoms with E-state index in [-0.39, 0.29) is 12.2 Å². The minimum Gasteiger partial charge on any atom is -0.462 e. The molecule has 0 unspecified atom stereocenters. The Hall–Kier alpha value is -3.00. The van der Waals surface area contributed by atoms with Crippen molar-refractivity contribution < 1.29 is 23.1 Å². The molecule has 0 spiro atoms. The number of halogens is 1. The maximum absolute atomic E-state index is 13.7. The Morgan fingerprint density at radius 2 is 2.04 bits per heavy atom. The second-order valence-corrected chi connectivity index (χ2v) is 7.02. The third-order valence-corrected chi connectivity index (χ3v) is 4.83. The second-order valence-electron chi connectivity index (χ2n) is 5.82. The van der Waals surface area contributed by atoms with Crippen molar-refractivity contribution in [3.63, 3.8) is 0 Å². The number of carbonyl (C=O) groups excluding carboxylic acids is 2. The fourth-order valence-electron chi connectivity index (χ4n) is 2.37. The van der Waals surface area contributed by atoms with Crippen LogP contribution in [0.5, 0.6) is 0 Å². The molecule has 1 amide bonds. The van der Waals surface area contributed by atoms with Crippen LogP contribution in [0.15, 0.2) is 47.1 Å². The zero-order valence-corrected chi connectivity index (χ0v) is 15.6. The van der Waals surface area contributed by atoms with Crippen molar-refractivity contribution in [3.8, 4) is 10.8 Å². The topological polar surface area (TPSA) is 72.6 Å². The number of hydrogen-bond acceptors (Lipinski definition) is 6. The number of amides is 1. The monoisotopic (exact) mass is 388 g/mol. The lowest BCUT2D eigenvalue weighted by atomic mass is 10.2. The van der Waals surface area contributed by atoms with E-state index in [1.165, 1.54) is 35.6 Å². The Kier molecular flexibility index (Phi) is 5.66. The standard InChI is InChI=1S/C19H17FN2O4S/c1-12-17(21-18(27-12)15-8-5-9-25-15)19(24)26-11-16(23)22(2)10-13-6-3-4-7-14(13)20/h3-9H,10-11H2,1-2H3. The van der Waals surface area contributed by atoms with Crippen LogP contribution >= 0.6 is 11.3 Å². The van der Waals surface area contributed by atoms with Crippen molar-refractivity contribution in [1.82, 2.24) is 9.88 Å². The Balaban J connectivity index is 1.59. The molecule has 0 saturated carbocycles. The van der Waals surface area contributed by atoms with Crippen molar-refractivity contribution in [3.05, 3.63) is 64.6 Å². The van der Waals surface area contributed by atoms with Crippen molar-refractivity contribution in [2.24, 2.45) is 0 Å². The average Bonchev–Trinajstić information content (AvgIpc) is 3.30. The van der Waals surface area contributed by atoms with Crippen LogP contribution in [-0.4, -0.2) is 35.4 Å². The molecular formula is C19H17FN2O4S. The highest BCUT2D eigenvalue weighted by molar-refractivity contribution is 7.15. The summed E-state index contributed by atoms with van der Waals surface area (Å²) >= 11 is 1.30. The summed E-state index contributed by atoms with van der Waals surface area (Å²) < 4.78 is 24.0. The van der Waals surface area contributed by atoms with Crippen molar-refractivity contribution in [2.75, 3.05) is 13.7 Å². The van der Waals surface area contributed by atoms with Gasteiger partial charge in [-0.25, -0.2) is 14.2 Å². The van der Waals surface area contributed by atoms with Crippen molar-refractivity contribution >= 4 is 23.2 Å². The quantitative estimate of drug-likeness (QED) is 0.603. The normalized spacial score (nSPS) is 10.6. The molecule has 0 radical (unpaired) electrons. The predicted octanol–water partition coefficient (Wildman–Crippen LogP) is 3.67. The Morgan fingerprint density at radius 3 is 2.74 bits per heavy atom. The van der Waals surface area contributed by atoms with Gasteiger partial charge in [0.1, 0.15) is 5.82 Å². The maximum Gasteiger partial charge on any atom is 0.358 e. The number of likely N-dealkylation sites (N-methyl/N-ethyl adjacent to an activating group) is 1. The van der Waals surface area contributed by atoms with Gasteiger partial charge in [-0.05, 0) is 25.1 Å². The first-order valence-electron chi connectivity index (χ1n) is 8.11. The Bertz CT molecular complexity index is 953. The van der Waals surface area contributed by atoms with E-state index in [9.17, 15) is 14.0 Å². The Labute approximate surface area is 159 Å². The van der Waals surface area contributed by atoms with Gasteiger partial charge in [-0.3, -0.25) is 4.79 Å². The molecule has 0 aliphatic carbocycles. The van der Waals surface area contributed by atoms with Gasteiger partial charge in [-0.1, -0.05) is 18.2 Å². The molecule has 3 aromatic rings. The molecule has 0 atom stereocenters. The smallest absolute Gasteiger partial charge is 0.358 e. The molecule has 27 heavy (non-hydrogen) atoms. The number of nitrogens with zero attached hydrogens (tertiary/aromatic N) is 2. The number of rotatable bonds is 6. The highest BCUT2D eigenvalue weighted by atomic mass is 32.1. The van der Waals surface area contributed by atoms with Gasteiger partial charge >= 0.3 is 5.97 Å². The van der Waals surface area contributed by atoms with Crippen LogP contribution in [-0.2, 0) is 16.1 Å². The van der Waals surface area contributed by atoms with E-state index in [0.29, 0.717) is 21.2 Å². The largest absolute Gasteiger partial charge is 0.462 e. The molecule has 0 saturated heterocycles. The number of benzene rings is 1. The summed E-state index contributed by atoms with van der Waals surface area (Å²) in [5, 5.41) is 0.562. The van der Waals surface area contributed by atoms with Gasteiger partial charge in [0, 0.05) is 24.0 Å². The van der Waals surface area contributed by atoms with Crippen molar-refractivity contribution in [1.29, 1.82) is 0 Å². The van der Waals surface area contributed by atoms with Gasteiger partial charge in [0.15, 0.2) is 23.1 Å². The van der Waals surface area contributed by atoms with E-state index >= 15 is 0 Å². The average molecular weight is 388 g/mol. The first-order chi connectivity index (χ1) is 13.0. The minimum absolute atomic E-state index is 0.0847.